The maximum Gasteiger partial charge on any atom is 0.416 e. The summed E-state index contributed by atoms with van der Waals surface area (Å²) in [4.78, 5) is 6.39. The van der Waals surface area contributed by atoms with Gasteiger partial charge in [-0.2, -0.15) is 26.3 Å². The molecule has 0 amide bonds. The molecule has 4 aromatic rings. The normalized spacial score (nSPS) is 17.6. The molecule has 2 atom stereocenters. The van der Waals surface area contributed by atoms with E-state index >= 15 is 0 Å². The van der Waals surface area contributed by atoms with Gasteiger partial charge in [0.25, 0.3) is 10.0 Å². The molecule has 0 unspecified atom stereocenters. The van der Waals surface area contributed by atoms with Crippen LogP contribution >= 0.6 is 24.8 Å². The van der Waals surface area contributed by atoms with Crippen molar-refractivity contribution in [3.63, 3.8) is 0 Å². The molecule has 0 aliphatic carbocycles. The third-order valence-electron chi connectivity index (χ3n) is 7.53. The molecule has 5 rings (SSSR count). The Hall–Kier alpha value is -3.10. The van der Waals surface area contributed by atoms with Gasteiger partial charge in [-0.3, -0.25) is 4.90 Å². The summed E-state index contributed by atoms with van der Waals surface area (Å²) in [6.45, 7) is 1.99. The molecule has 0 bridgehead atoms. The first-order chi connectivity index (χ1) is 20.7. The Morgan fingerprint density at radius 2 is 1.50 bits per heavy atom. The lowest BCUT2D eigenvalue weighted by molar-refractivity contribution is -0.143. The minimum Gasteiger partial charge on any atom is -0.372 e. The average Bonchev–Trinajstić information content (AvgIpc) is 3.45. The van der Waals surface area contributed by atoms with Crippen molar-refractivity contribution in [1.82, 2.24) is 13.9 Å². The Morgan fingerprint density at radius 3 is 2.09 bits per heavy atom. The summed E-state index contributed by atoms with van der Waals surface area (Å²) in [5.41, 5.74) is -1.36. The SMILES string of the molecule is Cc1ccc(S(=O)(=O)n2ccnc2CN2CCC[C@H](OCc3cc(C(F)(F)F)cc(C(F)(F)F)c3)[C@@H]2c2ccccc2)cc1.Cl.Cl. The largest absolute Gasteiger partial charge is 0.416 e. The number of alkyl halides is 6. The zero-order valence-corrected chi connectivity index (χ0v) is 26.8. The highest BCUT2D eigenvalue weighted by Crippen LogP contribution is 2.38. The van der Waals surface area contributed by atoms with Gasteiger partial charge in [-0.25, -0.2) is 17.4 Å². The molecular weight excluding hydrogens is 679 g/mol. The van der Waals surface area contributed by atoms with Gasteiger partial charge in [-0.15, -0.1) is 24.8 Å². The van der Waals surface area contributed by atoms with Gasteiger partial charge in [0.15, 0.2) is 0 Å². The quantitative estimate of drug-likeness (QED) is 0.173. The number of imidazole rings is 1. The fraction of sp³-hybridized carbons (Fsp3) is 0.323. The van der Waals surface area contributed by atoms with E-state index in [4.69, 9.17) is 4.74 Å². The van der Waals surface area contributed by atoms with Gasteiger partial charge in [0, 0.05) is 12.4 Å². The first kappa shape index (κ1) is 37.4. The van der Waals surface area contributed by atoms with Gasteiger partial charge in [0.1, 0.15) is 5.82 Å². The van der Waals surface area contributed by atoms with E-state index in [-0.39, 0.29) is 53.7 Å². The molecule has 0 radical (unpaired) electrons. The third-order valence-corrected chi connectivity index (χ3v) is 9.25. The van der Waals surface area contributed by atoms with Gasteiger partial charge in [0.05, 0.1) is 41.3 Å². The molecule has 3 aromatic carbocycles. The van der Waals surface area contributed by atoms with Gasteiger partial charge in [-0.1, -0.05) is 48.0 Å². The molecule has 1 aliphatic rings. The fourth-order valence-electron chi connectivity index (χ4n) is 5.42. The predicted molar refractivity (Wildman–Crippen MR) is 164 cm³/mol. The standard InChI is InChI=1S/C31H29F6N3O3S.2ClH/c1-21-9-11-26(12-10-21)44(41,42)40-15-13-38-28(40)19-39-14-5-8-27(29(39)23-6-3-2-4-7-23)43-20-22-16-24(30(32,33)34)18-25(17-22)31(35,36)37;;/h2-4,6-7,9-13,15-18,27,29H,5,8,14,19-20H2,1H3;2*1H/t27-,29-;;/m0../s1. The topological polar surface area (TPSA) is 64.4 Å². The molecule has 250 valence electrons. The maximum atomic E-state index is 13.5. The molecule has 0 saturated carbocycles. The lowest BCUT2D eigenvalue weighted by atomic mass is 9.92. The van der Waals surface area contributed by atoms with Gasteiger partial charge < -0.3 is 4.74 Å². The highest BCUT2D eigenvalue weighted by Gasteiger charge is 2.38. The van der Waals surface area contributed by atoms with Crippen LogP contribution in [0.3, 0.4) is 0 Å². The van der Waals surface area contributed by atoms with Crippen molar-refractivity contribution in [2.24, 2.45) is 0 Å². The Morgan fingerprint density at radius 1 is 0.891 bits per heavy atom. The molecule has 1 fully saturated rings. The monoisotopic (exact) mass is 709 g/mol. The van der Waals surface area contributed by atoms with E-state index in [1.54, 1.807) is 12.1 Å². The van der Waals surface area contributed by atoms with Crippen molar-refractivity contribution in [2.75, 3.05) is 6.54 Å². The number of aromatic nitrogens is 2. The van der Waals surface area contributed by atoms with Crippen LogP contribution in [0.2, 0.25) is 0 Å². The van der Waals surface area contributed by atoms with Crippen LogP contribution in [0.1, 0.15) is 52.5 Å². The molecule has 0 spiro atoms. The minimum absolute atomic E-state index is 0. The summed E-state index contributed by atoms with van der Waals surface area (Å²) < 4.78 is 115. The fourth-order valence-corrected chi connectivity index (χ4v) is 6.72. The Kier molecular flexibility index (Phi) is 12.0. The van der Waals surface area contributed by atoms with Crippen molar-refractivity contribution in [3.8, 4) is 0 Å². The predicted octanol–water partition coefficient (Wildman–Crippen LogP) is 8.23. The van der Waals surface area contributed by atoms with Crippen molar-refractivity contribution >= 4 is 34.8 Å². The van der Waals surface area contributed by atoms with Crippen LogP contribution < -0.4 is 0 Å². The van der Waals surface area contributed by atoms with Gasteiger partial charge >= 0.3 is 12.4 Å². The van der Waals surface area contributed by atoms with Crippen molar-refractivity contribution in [1.29, 1.82) is 0 Å². The van der Waals surface area contributed by atoms with E-state index < -0.39 is 52.3 Å². The third kappa shape index (κ3) is 8.43. The lowest BCUT2D eigenvalue weighted by Gasteiger charge is -2.41. The highest BCUT2D eigenvalue weighted by molar-refractivity contribution is 7.90. The summed E-state index contributed by atoms with van der Waals surface area (Å²) in [5.74, 6) is 0.250. The van der Waals surface area contributed by atoms with Crippen molar-refractivity contribution in [2.45, 2.75) is 62.3 Å². The van der Waals surface area contributed by atoms with Crippen molar-refractivity contribution < 1.29 is 39.5 Å². The smallest absolute Gasteiger partial charge is 0.372 e. The number of halogens is 8. The number of likely N-dealkylation sites (tertiary alicyclic amines) is 1. The van der Waals surface area contributed by atoms with Gasteiger partial charge in [0.2, 0.25) is 0 Å². The lowest BCUT2D eigenvalue weighted by Crippen LogP contribution is -2.43. The Labute approximate surface area is 275 Å². The second kappa shape index (κ2) is 14.8. The number of ether oxygens (including phenoxy) is 1. The van der Waals surface area contributed by atoms with Crippen LogP contribution in [0.4, 0.5) is 26.3 Å². The zero-order valence-electron chi connectivity index (χ0n) is 24.3. The second-order valence-corrected chi connectivity index (χ2v) is 12.5. The van der Waals surface area contributed by atoms with Crippen LogP contribution in [0.25, 0.3) is 0 Å². The van der Waals surface area contributed by atoms with E-state index in [0.717, 1.165) is 15.1 Å². The van der Waals surface area contributed by atoms with E-state index in [0.29, 0.717) is 31.5 Å². The van der Waals surface area contributed by atoms with E-state index in [1.807, 2.05) is 42.2 Å². The van der Waals surface area contributed by atoms with Crippen LogP contribution in [-0.4, -0.2) is 34.9 Å². The Bertz CT molecular complexity index is 1670. The second-order valence-electron chi connectivity index (χ2n) is 10.7. The average molecular weight is 711 g/mol. The first-order valence-corrected chi connectivity index (χ1v) is 15.2. The number of rotatable bonds is 8. The van der Waals surface area contributed by atoms with Crippen LogP contribution in [-0.2, 0) is 40.3 Å². The van der Waals surface area contributed by atoms with Crippen LogP contribution in [0.5, 0.6) is 0 Å². The van der Waals surface area contributed by atoms with E-state index in [1.165, 1.54) is 24.5 Å². The highest BCUT2D eigenvalue weighted by atomic mass is 35.5. The summed E-state index contributed by atoms with van der Waals surface area (Å²) in [6.07, 6.45) is -6.72. The number of hydrogen-bond acceptors (Lipinski definition) is 5. The summed E-state index contributed by atoms with van der Waals surface area (Å²) in [7, 11) is -3.96. The van der Waals surface area contributed by atoms with Crippen LogP contribution in [0.15, 0.2) is 90.1 Å². The summed E-state index contributed by atoms with van der Waals surface area (Å²) in [5, 5.41) is 0. The molecule has 15 heteroatoms. The number of aryl methyl sites for hydroxylation is 1. The maximum absolute atomic E-state index is 13.5. The molecule has 6 nitrogen and oxygen atoms in total. The van der Waals surface area contributed by atoms with Crippen LogP contribution in [0, 0.1) is 6.92 Å². The van der Waals surface area contributed by atoms with Gasteiger partial charge in [-0.05, 0) is 67.8 Å². The van der Waals surface area contributed by atoms with E-state index in [9.17, 15) is 34.8 Å². The zero-order chi connectivity index (χ0) is 31.7. The molecule has 0 N–H and O–H groups in total. The number of nitrogens with zero attached hydrogens (tertiary/aromatic N) is 3. The number of piperidine rings is 1. The first-order valence-electron chi connectivity index (χ1n) is 13.8. The molecule has 1 aliphatic heterocycles. The summed E-state index contributed by atoms with van der Waals surface area (Å²) >= 11 is 0. The molecule has 1 saturated heterocycles. The number of hydrogen-bond donors (Lipinski definition) is 0. The molecule has 1 aromatic heterocycles. The number of benzene rings is 3. The summed E-state index contributed by atoms with van der Waals surface area (Å²) in [6, 6.07) is 16.5. The molecule has 46 heavy (non-hydrogen) atoms. The molecular formula is C31H31Cl2F6N3O3S. The molecule has 2 heterocycles. The Balaban J connectivity index is 0.00000288. The van der Waals surface area contributed by atoms with E-state index in [2.05, 4.69) is 4.98 Å². The van der Waals surface area contributed by atoms with Crippen molar-refractivity contribution in [3.05, 3.63) is 119 Å². The minimum atomic E-state index is -4.97.